The van der Waals surface area contributed by atoms with Crippen LogP contribution < -0.4 is 15.4 Å². The van der Waals surface area contributed by atoms with Crippen molar-refractivity contribution in [1.82, 2.24) is 15.0 Å². The van der Waals surface area contributed by atoms with E-state index in [-0.39, 0.29) is 24.1 Å². The van der Waals surface area contributed by atoms with Crippen LogP contribution in [0, 0.1) is 17.7 Å². The highest BCUT2D eigenvalue weighted by Gasteiger charge is 2.27. The Balaban J connectivity index is 1.19. The summed E-state index contributed by atoms with van der Waals surface area (Å²) in [6.07, 6.45) is 3.22. The molecule has 0 spiro atoms. The van der Waals surface area contributed by atoms with Gasteiger partial charge in [-0.15, -0.1) is 11.8 Å². The Morgan fingerprint density at radius 2 is 2.06 bits per heavy atom. The molecule has 0 radical (unpaired) electrons. The molecule has 36 heavy (non-hydrogen) atoms. The van der Waals surface area contributed by atoms with Crippen LogP contribution in [-0.2, 0) is 11.2 Å². The fourth-order valence-corrected chi connectivity index (χ4v) is 5.73. The number of benzene rings is 1. The highest BCUT2D eigenvalue weighted by atomic mass is 32.2. The van der Waals surface area contributed by atoms with Gasteiger partial charge in [-0.2, -0.15) is 4.98 Å². The second-order valence-electron chi connectivity index (χ2n) is 10.2. The number of aromatic nitrogens is 2. The number of nitrogens with zero attached hydrogens (tertiary/aromatic N) is 4. The summed E-state index contributed by atoms with van der Waals surface area (Å²) in [5.74, 6) is 3.71. The van der Waals surface area contributed by atoms with Crippen LogP contribution in [0.15, 0.2) is 22.7 Å². The molecule has 2 aliphatic heterocycles. The molecule has 0 saturated carbocycles. The molecule has 2 saturated heterocycles. The standard InChI is InChI=1S/C26H38FN5O3S/c1-17(2)24-29-26(35-30-24)31-9-6-19(7-10-31)18(3)8-12-34-21-5-4-20(22(27)15-21)14-23(28)25(33)32-11-13-36-16-32/h4-5,15,17-19,23H,6-14,16,28H2,1-3H3/t18-,23+/m1/s1. The second kappa shape index (κ2) is 12.3. The van der Waals surface area contributed by atoms with Crippen LogP contribution >= 0.6 is 11.8 Å². The fourth-order valence-electron chi connectivity index (χ4n) is 4.78. The van der Waals surface area contributed by atoms with Crippen molar-refractivity contribution in [1.29, 1.82) is 0 Å². The predicted octanol–water partition coefficient (Wildman–Crippen LogP) is 4.06. The number of halogens is 1. The first kappa shape index (κ1) is 26.7. The molecule has 0 bridgehead atoms. The van der Waals surface area contributed by atoms with Crippen LogP contribution in [0.3, 0.4) is 0 Å². The SMILES string of the molecule is CC(C)c1noc(N2CCC([C@H](C)CCOc3ccc(C[C@H](N)C(=O)N4CCSC4)c(F)c3)CC2)n1. The zero-order valence-electron chi connectivity index (χ0n) is 21.5. The van der Waals surface area contributed by atoms with Gasteiger partial charge in [0.1, 0.15) is 11.6 Å². The first-order valence-electron chi connectivity index (χ1n) is 12.9. The van der Waals surface area contributed by atoms with E-state index >= 15 is 0 Å². The highest BCUT2D eigenvalue weighted by molar-refractivity contribution is 7.99. The van der Waals surface area contributed by atoms with Gasteiger partial charge in [-0.25, -0.2) is 4.39 Å². The zero-order valence-corrected chi connectivity index (χ0v) is 22.3. The molecule has 2 aliphatic rings. The first-order valence-corrected chi connectivity index (χ1v) is 14.1. The minimum Gasteiger partial charge on any atom is -0.493 e. The molecule has 3 heterocycles. The lowest BCUT2D eigenvalue weighted by Gasteiger charge is -2.33. The van der Waals surface area contributed by atoms with E-state index in [1.54, 1.807) is 28.8 Å². The number of carbonyl (C=O) groups is 1. The Bertz CT molecular complexity index is 1010. The lowest BCUT2D eigenvalue weighted by atomic mass is 9.84. The minimum atomic E-state index is -0.727. The van der Waals surface area contributed by atoms with Gasteiger partial charge in [0.2, 0.25) is 5.91 Å². The first-order chi connectivity index (χ1) is 17.3. The van der Waals surface area contributed by atoms with E-state index in [9.17, 15) is 9.18 Å². The molecule has 2 fully saturated rings. The lowest BCUT2D eigenvalue weighted by molar-refractivity contribution is -0.131. The van der Waals surface area contributed by atoms with Crippen LogP contribution in [0.2, 0.25) is 0 Å². The monoisotopic (exact) mass is 519 g/mol. The average Bonchev–Trinajstić information content (AvgIpc) is 3.58. The molecule has 8 nitrogen and oxygen atoms in total. The number of anilines is 1. The predicted molar refractivity (Wildman–Crippen MR) is 140 cm³/mol. The average molecular weight is 520 g/mol. The van der Waals surface area contributed by atoms with Gasteiger partial charge in [0.15, 0.2) is 5.82 Å². The van der Waals surface area contributed by atoms with E-state index < -0.39 is 6.04 Å². The van der Waals surface area contributed by atoms with Gasteiger partial charge in [-0.05, 0) is 49.1 Å². The van der Waals surface area contributed by atoms with E-state index in [4.69, 9.17) is 15.0 Å². The Morgan fingerprint density at radius 3 is 2.69 bits per heavy atom. The van der Waals surface area contributed by atoms with Crippen molar-refractivity contribution in [2.24, 2.45) is 17.6 Å². The van der Waals surface area contributed by atoms with Crippen LogP contribution in [0.4, 0.5) is 10.4 Å². The molecular weight excluding hydrogens is 481 g/mol. The van der Waals surface area contributed by atoms with E-state index in [2.05, 4.69) is 35.8 Å². The molecule has 198 valence electrons. The molecular formula is C26H38FN5O3S. The number of ether oxygens (including phenoxy) is 1. The number of hydrogen-bond acceptors (Lipinski definition) is 8. The maximum absolute atomic E-state index is 14.7. The third-order valence-electron chi connectivity index (χ3n) is 7.25. The Labute approximate surface area is 217 Å². The maximum Gasteiger partial charge on any atom is 0.324 e. The van der Waals surface area contributed by atoms with Crippen LogP contribution in [0.1, 0.15) is 57.3 Å². The van der Waals surface area contributed by atoms with Gasteiger partial charge in [0.05, 0.1) is 18.5 Å². The molecule has 1 aromatic carbocycles. The molecule has 2 N–H and O–H groups in total. The van der Waals surface area contributed by atoms with E-state index in [0.717, 1.165) is 43.9 Å². The van der Waals surface area contributed by atoms with E-state index in [1.165, 1.54) is 6.07 Å². The number of piperidine rings is 1. The normalized spacial score (nSPS) is 18.6. The maximum atomic E-state index is 14.7. The molecule has 0 unspecified atom stereocenters. The number of nitrogens with two attached hydrogens (primary N) is 1. The van der Waals surface area contributed by atoms with E-state index in [1.807, 2.05) is 0 Å². The molecule has 10 heteroatoms. The fraction of sp³-hybridized carbons (Fsp3) is 0.654. The summed E-state index contributed by atoms with van der Waals surface area (Å²) < 4.78 is 26.0. The van der Waals surface area contributed by atoms with Gasteiger partial charge in [0, 0.05) is 37.4 Å². The van der Waals surface area contributed by atoms with Gasteiger partial charge < -0.3 is 24.8 Å². The number of rotatable bonds is 10. The summed E-state index contributed by atoms with van der Waals surface area (Å²) in [5, 5.41) is 4.07. The quantitative estimate of drug-likeness (QED) is 0.502. The topological polar surface area (TPSA) is 97.7 Å². The summed E-state index contributed by atoms with van der Waals surface area (Å²) >= 11 is 1.71. The van der Waals surface area contributed by atoms with Gasteiger partial charge in [-0.1, -0.05) is 32.0 Å². The van der Waals surface area contributed by atoms with Crippen molar-refractivity contribution < 1.29 is 18.4 Å². The number of hydrogen-bond donors (Lipinski definition) is 1. The zero-order chi connectivity index (χ0) is 25.7. The van der Waals surface area contributed by atoms with Crippen molar-refractivity contribution in [2.45, 2.75) is 58.4 Å². The van der Waals surface area contributed by atoms with Crippen LogP contribution in [0.25, 0.3) is 0 Å². The smallest absolute Gasteiger partial charge is 0.324 e. The summed E-state index contributed by atoms with van der Waals surface area (Å²) in [5.41, 5.74) is 6.50. The van der Waals surface area contributed by atoms with Gasteiger partial charge >= 0.3 is 6.01 Å². The number of amides is 1. The summed E-state index contributed by atoms with van der Waals surface area (Å²) in [7, 11) is 0. The molecule has 0 aliphatic carbocycles. The van der Waals surface area contributed by atoms with Crippen LogP contribution in [0.5, 0.6) is 5.75 Å². The van der Waals surface area contributed by atoms with Gasteiger partial charge in [-0.3, -0.25) is 4.79 Å². The van der Waals surface area contributed by atoms with Gasteiger partial charge in [0.25, 0.3) is 0 Å². The summed E-state index contributed by atoms with van der Waals surface area (Å²) in [4.78, 5) is 20.8. The number of carbonyl (C=O) groups excluding carboxylic acids is 1. The largest absolute Gasteiger partial charge is 0.493 e. The Kier molecular flexibility index (Phi) is 9.11. The van der Waals surface area contributed by atoms with Crippen molar-refractivity contribution in [2.75, 3.05) is 42.8 Å². The van der Waals surface area contributed by atoms with Crippen molar-refractivity contribution in [3.63, 3.8) is 0 Å². The van der Waals surface area contributed by atoms with Crippen molar-refractivity contribution in [3.05, 3.63) is 35.4 Å². The Morgan fingerprint density at radius 1 is 1.28 bits per heavy atom. The summed E-state index contributed by atoms with van der Waals surface area (Å²) in [6.45, 7) is 9.43. The van der Waals surface area contributed by atoms with E-state index in [0.29, 0.717) is 48.2 Å². The molecule has 4 rings (SSSR count). The Hall–Kier alpha value is -2.33. The van der Waals surface area contributed by atoms with Crippen molar-refractivity contribution >= 4 is 23.7 Å². The molecule has 2 atom stereocenters. The lowest BCUT2D eigenvalue weighted by Crippen LogP contribution is -2.43. The molecule has 2 aromatic rings. The number of thioether (sulfide) groups is 1. The molecule has 1 aromatic heterocycles. The second-order valence-corrected chi connectivity index (χ2v) is 11.3. The summed E-state index contributed by atoms with van der Waals surface area (Å²) in [6, 6.07) is 4.74. The minimum absolute atomic E-state index is 0.114. The highest BCUT2D eigenvalue weighted by Crippen LogP contribution is 2.30. The molecule has 1 amide bonds. The van der Waals surface area contributed by atoms with Crippen molar-refractivity contribution in [3.8, 4) is 5.75 Å². The van der Waals surface area contributed by atoms with Crippen LogP contribution in [-0.4, -0.2) is 64.9 Å². The third kappa shape index (κ3) is 6.70. The third-order valence-corrected chi connectivity index (χ3v) is 8.22.